The van der Waals surface area contributed by atoms with E-state index < -0.39 is 0 Å². The van der Waals surface area contributed by atoms with Crippen molar-refractivity contribution in [1.82, 2.24) is 4.40 Å². The first kappa shape index (κ1) is 13.3. The van der Waals surface area contributed by atoms with Gasteiger partial charge in [-0.1, -0.05) is 40.2 Å². The first-order valence-electron chi connectivity index (χ1n) is 7.03. The molecule has 0 aliphatic heterocycles. The van der Waals surface area contributed by atoms with Crippen LogP contribution in [0, 0.1) is 0 Å². The molecule has 22 heavy (non-hydrogen) atoms. The van der Waals surface area contributed by atoms with Gasteiger partial charge in [0.25, 0.3) is 0 Å². The van der Waals surface area contributed by atoms with Gasteiger partial charge in [0, 0.05) is 21.6 Å². The minimum absolute atomic E-state index is 0.0304. The van der Waals surface area contributed by atoms with Gasteiger partial charge in [0.15, 0.2) is 0 Å². The zero-order chi connectivity index (χ0) is 15.1. The Balaban J connectivity index is 1.90. The lowest BCUT2D eigenvalue weighted by atomic mass is 10.1. The van der Waals surface area contributed by atoms with Gasteiger partial charge in [0.1, 0.15) is 0 Å². The molecule has 0 fully saturated rings. The highest BCUT2D eigenvalue weighted by Crippen LogP contribution is 2.23. The average Bonchev–Trinajstić information content (AvgIpc) is 2.99. The topological polar surface area (TPSA) is 21.5 Å². The number of fused-ring (bicyclic) bond motifs is 3. The van der Waals surface area contributed by atoms with Crippen LogP contribution >= 0.6 is 15.9 Å². The minimum Gasteiger partial charge on any atom is -0.313 e. The van der Waals surface area contributed by atoms with Gasteiger partial charge in [0.05, 0.1) is 11.2 Å². The molecular weight excluding hydrogens is 338 g/mol. The smallest absolute Gasteiger partial charge is 0.209 e. The van der Waals surface area contributed by atoms with Crippen LogP contribution in [-0.4, -0.2) is 10.2 Å². The van der Waals surface area contributed by atoms with E-state index in [-0.39, 0.29) is 5.78 Å². The summed E-state index contributed by atoms with van der Waals surface area (Å²) in [7, 11) is 0. The van der Waals surface area contributed by atoms with Gasteiger partial charge in [-0.25, -0.2) is 0 Å². The van der Waals surface area contributed by atoms with Crippen molar-refractivity contribution in [2.75, 3.05) is 0 Å². The lowest BCUT2D eigenvalue weighted by Crippen LogP contribution is -2.04. The number of hydrogen-bond acceptors (Lipinski definition) is 1. The second-order valence-corrected chi connectivity index (χ2v) is 6.13. The predicted molar refractivity (Wildman–Crippen MR) is 92.5 cm³/mol. The van der Waals surface area contributed by atoms with E-state index in [0.29, 0.717) is 11.3 Å². The van der Waals surface area contributed by atoms with Crippen LogP contribution in [0.4, 0.5) is 0 Å². The van der Waals surface area contributed by atoms with Gasteiger partial charge in [0.2, 0.25) is 5.78 Å². The number of hydrogen-bond donors (Lipinski definition) is 0. The number of rotatable bonds is 2. The lowest BCUT2D eigenvalue weighted by Gasteiger charge is -2.05. The molecule has 0 amide bonds. The van der Waals surface area contributed by atoms with Gasteiger partial charge in [-0.15, -0.1) is 0 Å². The van der Waals surface area contributed by atoms with E-state index in [1.807, 2.05) is 65.2 Å². The largest absolute Gasteiger partial charge is 0.313 e. The fourth-order valence-electron chi connectivity index (χ4n) is 2.79. The van der Waals surface area contributed by atoms with Crippen molar-refractivity contribution in [3.05, 3.63) is 88.7 Å². The van der Waals surface area contributed by atoms with Crippen LogP contribution in [0.3, 0.4) is 0 Å². The van der Waals surface area contributed by atoms with E-state index in [0.717, 1.165) is 15.4 Å². The molecule has 2 aromatic heterocycles. The average molecular weight is 350 g/mol. The Morgan fingerprint density at radius 3 is 2.45 bits per heavy atom. The molecule has 0 bridgehead atoms. The number of benzene rings is 2. The van der Waals surface area contributed by atoms with E-state index in [1.165, 1.54) is 5.39 Å². The van der Waals surface area contributed by atoms with Crippen LogP contribution in [-0.2, 0) is 0 Å². The molecule has 2 aromatic carbocycles. The number of halogens is 1. The van der Waals surface area contributed by atoms with Crippen LogP contribution in [0.15, 0.2) is 77.4 Å². The summed E-state index contributed by atoms with van der Waals surface area (Å²) in [5, 5.41) is 2.33. The molecule has 0 N–H and O–H groups in total. The SMILES string of the molecule is O=C(c1ccc(Br)cc1)c1ccc2c3ccccc3ccn12. The Morgan fingerprint density at radius 2 is 1.64 bits per heavy atom. The predicted octanol–water partition coefficient (Wildman–Crippen LogP) is 5.09. The van der Waals surface area contributed by atoms with Crippen LogP contribution in [0.1, 0.15) is 16.1 Å². The number of pyridine rings is 1. The Hall–Kier alpha value is -2.39. The van der Waals surface area contributed by atoms with Crippen molar-refractivity contribution in [1.29, 1.82) is 0 Å². The van der Waals surface area contributed by atoms with E-state index in [1.54, 1.807) is 0 Å². The molecule has 0 aliphatic rings. The molecule has 2 heterocycles. The molecular formula is C19H12BrNO. The molecule has 4 rings (SSSR count). The third kappa shape index (κ3) is 2.06. The van der Waals surface area contributed by atoms with E-state index >= 15 is 0 Å². The fourth-order valence-corrected chi connectivity index (χ4v) is 3.06. The maximum atomic E-state index is 12.7. The summed E-state index contributed by atoms with van der Waals surface area (Å²) in [6.07, 6.45) is 1.96. The summed E-state index contributed by atoms with van der Waals surface area (Å²) in [5.41, 5.74) is 2.43. The molecule has 3 heteroatoms. The van der Waals surface area contributed by atoms with Gasteiger partial charge >= 0.3 is 0 Å². The summed E-state index contributed by atoms with van der Waals surface area (Å²) in [4.78, 5) is 12.7. The number of carbonyl (C=O) groups excluding carboxylic acids is 1. The maximum absolute atomic E-state index is 12.7. The summed E-state index contributed by atoms with van der Waals surface area (Å²) in [6, 6.07) is 21.6. The Morgan fingerprint density at radius 1 is 0.864 bits per heavy atom. The number of ketones is 1. The van der Waals surface area contributed by atoms with Crippen LogP contribution in [0.5, 0.6) is 0 Å². The third-order valence-corrected chi connectivity index (χ3v) is 4.43. The first-order valence-corrected chi connectivity index (χ1v) is 7.82. The molecule has 0 aliphatic carbocycles. The second-order valence-electron chi connectivity index (χ2n) is 5.21. The Kier molecular flexibility index (Phi) is 3.09. The van der Waals surface area contributed by atoms with Gasteiger partial charge in [-0.2, -0.15) is 0 Å². The molecule has 0 saturated heterocycles. The zero-order valence-electron chi connectivity index (χ0n) is 11.7. The van der Waals surface area contributed by atoms with Crippen molar-refractivity contribution in [2.45, 2.75) is 0 Å². The van der Waals surface area contributed by atoms with Gasteiger partial charge in [-0.05, 0) is 47.9 Å². The molecule has 0 saturated carbocycles. The second kappa shape index (κ2) is 5.11. The van der Waals surface area contributed by atoms with Crippen LogP contribution in [0.2, 0.25) is 0 Å². The summed E-state index contributed by atoms with van der Waals surface area (Å²) in [6.45, 7) is 0. The highest BCUT2D eigenvalue weighted by Gasteiger charge is 2.14. The monoisotopic (exact) mass is 349 g/mol. The molecule has 0 atom stereocenters. The van der Waals surface area contributed by atoms with Crippen molar-refractivity contribution in [3.63, 3.8) is 0 Å². The molecule has 0 radical (unpaired) electrons. The minimum atomic E-state index is 0.0304. The summed E-state index contributed by atoms with van der Waals surface area (Å²) < 4.78 is 2.93. The quantitative estimate of drug-likeness (QED) is 0.462. The van der Waals surface area contributed by atoms with E-state index in [2.05, 4.69) is 28.1 Å². The maximum Gasteiger partial charge on any atom is 0.209 e. The standard InChI is InChI=1S/C19H12BrNO/c20-15-7-5-14(6-8-15)19(22)18-10-9-17-16-4-2-1-3-13(16)11-12-21(17)18/h1-12H. The van der Waals surface area contributed by atoms with Crippen LogP contribution < -0.4 is 0 Å². The number of aromatic nitrogens is 1. The zero-order valence-corrected chi connectivity index (χ0v) is 13.2. The van der Waals surface area contributed by atoms with Crippen molar-refractivity contribution < 1.29 is 4.79 Å². The van der Waals surface area contributed by atoms with Gasteiger partial charge in [-0.3, -0.25) is 4.79 Å². The Labute approximate surface area is 136 Å². The fraction of sp³-hybridized carbons (Fsp3) is 0. The Bertz CT molecular complexity index is 999. The summed E-state index contributed by atoms with van der Waals surface area (Å²) in [5.74, 6) is 0.0304. The molecule has 0 spiro atoms. The molecule has 2 nitrogen and oxygen atoms in total. The lowest BCUT2D eigenvalue weighted by molar-refractivity contribution is 0.103. The highest BCUT2D eigenvalue weighted by molar-refractivity contribution is 9.10. The van der Waals surface area contributed by atoms with Gasteiger partial charge < -0.3 is 4.40 Å². The normalized spacial score (nSPS) is 11.1. The van der Waals surface area contributed by atoms with E-state index in [4.69, 9.17) is 0 Å². The van der Waals surface area contributed by atoms with E-state index in [9.17, 15) is 4.79 Å². The van der Waals surface area contributed by atoms with Crippen molar-refractivity contribution >= 4 is 38.0 Å². The van der Waals surface area contributed by atoms with Crippen molar-refractivity contribution in [3.8, 4) is 0 Å². The molecule has 106 valence electrons. The number of nitrogens with zero attached hydrogens (tertiary/aromatic N) is 1. The highest BCUT2D eigenvalue weighted by atomic mass is 79.9. The summed E-state index contributed by atoms with van der Waals surface area (Å²) >= 11 is 3.39. The van der Waals surface area contributed by atoms with Crippen molar-refractivity contribution in [2.24, 2.45) is 0 Å². The molecule has 0 unspecified atom stereocenters. The number of carbonyl (C=O) groups is 1. The first-order chi connectivity index (χ1) is 10.7. The molecule has 4 aromatic rings. The van der Waals surface area contributed by atoms with Crippen LogP contribution in [0.25, 0.3) is 16.3 Å². The third-order valence-electron chi connectivity index (χ3n) is 3.90.